The molecule has 0 aliphatic rings. The Morgan fingerprint density at radius 3 is 2.54 bits per heavy atom. The Morgan fingerprint density at radius 1 is 1.08 bits per heavy atom. The van der Waals surface area contributed by atoms with Crippen molar-refractivity contribution in [2.45, 2.75) is 51.7 Å². The topological polar surface area (TPSA) is 98.6 Å². The van der Waals surface area contributed by atoms with Crippen molar-refractivity contribution in [1.82, 2.24) is 25.2 Å². The summed E-state index contributed by atoms with van der Waals surface area (Å²) in [5.74, 6) is 0.798. The molecule has 2 amide bonds. The van der Waals surface area contributed by atoms with Gasteiger partial charge in [-0.1, -0.05) is 36.4 Å². The number of hydrogen-bond donors (Lipinski definition) is 1. The van der Waals surface area contributed by atoms with Gasteiger partial charge in [0.15, 0.2) is 11.5 Å². The highest BCUT2D eigenvalue weighted by atomic mass is 32.1. The van der Waals surface area contributed by atoms with E-state index < -0.39 is 11.6 Å². The molecule has 0 saturated heterocycles. The van der Waals surface area contributed by atoms with Gasteiger partial charge in [-0.05, 0) is 68.0 Å². The minimum Gasteiger partial charge on any atom is -0.493 e. The van der Waals surface area contributed by atoms with Gasteiger partial charge in [0.05, 0.1) is 19.7 Å². The summed E-state index contributed by atoms with van der Waals surface area (Å²) in [5.41, 5.74) is 2.00. The second kappa shape index (κ2) is 12.3. The van der Waals surface area contributed by atoms with Crippen molar-refractivity contribution in [1.29, 1.82) is 0 Å². The molecule has 0 spiro atoms. The van der Waals surface area contributed by atoms with Gasteiger partial charge in [0.1, 0.15) is 18.1 Å². The van der Waals surface area contributed by atoms with Gasteiger partial charge in [-0.2, -0.15) is 0 Å². The summed E-state index contributed by atoms with van der Waals surface area (Å²) in [7, 11) is 3.18. The number of aromatic nitrogens is 3. The summed E-state index contributed by atoms with van der Waals surface area (Å²) in [4.78, 5) is 30.2. The molecule has 0 fully saturated rings. The quantitative estimate of drug-likeness (QED) is 0.277. The van der Waals surface area contributed by atoms with Gasteiger partial charge in [-0.15, -0.1) is 16.4 Å². The summed E-state index contributed by atoms with van der Waals surface area (Å²) >= 11 is 1.46. The Balaban J connectivity index is 1.68. The van der Waals surface area contributed by atoms with Crippen molar-refractivity contribution >= 4 is 34.2 Å². The Morgan fingerprint density at radius 2 is 1.85 bits per heavy atom. The number of nitrogens with zero attached hydrogens (tertiary/aromatic N) is 4. The number of amides is 2. The van der Waals surface area contributed by atoms with E-state index >= 15 is 0 Å². The summed E-state index contributed by atoms with van der Waals surface area (Å²) in [6.07, 6.45) is 1.26. The number of rotatable bonds is 12. The van der Waals surface area contributed by atoms with Crippen LogP contribution < -0.4 is 14.8 Å². The van der Waals surface area contributed by atoms with Crippen molar-refractivity contribution in [3.8, 4) is 11.5 Å². The Bertz CT molecular complexity index is 1420. The van der Waals surface area contributed by atoms with Gasteiger partial charge in [0, 0.05) is 17.0 Å². The molecule has 2 aromatic carbocycles. The van der Waals surface area contributed by atoms with Crippen LogP contribution in [0.1, 0.15) is 43.7 Å². The summed E-state index contributed by atoms with van der Waals surface area (Å²) in [5, 5.41) is 13.5. The van der Waals surface area contributed by atoms with E-state index in [-0.39, 0.29) is 18.4 Å². The number of para-hydroxylation sites is 1. The lowest BCUT2D eigenvalue weighted by atomic mass is 10.0. The minimum absolute atomic E-state index is 0.0429. The van der Waals surface area contributed by atoms with Crippen LogP contribution >= 0.6 is 11.3 Å². The average Bonchev–Trinajstić information content (AvgIpc) is 3.61. The molecule has 2 heterocycles. The number of benzene rings is 2. The zero-order valence-corrected chi connectivity index (χ0v) is 23.8. The predicted octanol–water partition coefficient (Wildman–Crippen LogP) is 4.63. The molecule has 0 unspecified atom stereocenters. The fraction of sp³-hybridized carbons (Fsp3) is 0.379. The smallest absolute Gasteiger partial charge is 0.248 e. The van der Waals surface area contributed by atoms with Crippen LogP contribution in [0.4, 0.5) is 0 Å². The molecule has 10 heteroatoms. The Kier molecular flexibility index (Phi) is 8.86. The molecule has 0 radical (unpaired) electrons. The lowest BCUT2D eigenvalue weighted by Gasteiger charge is -2.34. The molecule has 0 aliphatic carbocycles. The zero-order chi connectivity index (χ0) is 28.0. The highest BCUT2D eigenvalue weighted by Gasteiger charge is 2.34. The maximum absolute atomic E-state index is 14.0. The van der Waals surface area contributed by atoms with Gasteiger partial charge in [-0.25, -0.2) is 4.68 Å². The first kappa shape index (κ1) is 28.1. The number of hydrogen-bond acceptors (Lipinski definition) is 7. The molecule has 206 valence electrons. The number of ether oxygens (including phenoxy) is 2. The average molecular weight is 550 g/mol. The molecule has 0 bridgehead atoms. The molecular formula is C29H35N5O4S. The fourth-order valence-corrected chi connectivity index (χ4v) is 5.13. The van der Waals surface area contributed by atoms with E-state index in [4.69, 9.17) is 9.47 Å². The van der Waals surface area contributed by atoms with E-state index in [0.29, 0.717) is 30.0 Å². The summed E-state index contributed by atoms with van der Waals surface area (Å²) in [6, 6.07) is 16.2. The monoisotopic (exact) mass is 549 g/mol. The van der Waals surface area contributed by atoms with Crippen LogP contribution in [0, 0.1) is 0 Å². The predicted molar refractivity (Wildman–Crippen MR) is 152 cm³/mol. The second-order valence-electron chi connectivity index (χ2n) is 9.91. The third kappa shape index (κ3) is 6.57. The van der Waals surface area contributed by atoms with E-state index in [1.165, 1.54) is 11.3 Å². The third-order valence-electron chi connectivity index (χ3n) is 6.83. The highest BCUT2D eigenvalue weighted by Crippen LogP contribution is 2.30. The van der Waals surface area contributed by atoms with Crippen LogP contribution in [-0.2, 0) is 22.6 Å². The first-order valence-corrected chi connectivity index (χ1v) is 13.8. The van der Waals surface area contributed by atoms with Crippen LogP contribution in [0.15, 0.2) is 60.0 Å². The number of carbonyl (C=O) groups excluding carboxylic acids is 2. The molecule has 2 aromatic heterocycles. The standard InChI is InChI=1S/C29H35N5O4S/c1-6-29(2,3)30-28(36)27(25-12-9-17-39-25)33(16-15-20-13-14-23(37-4)24(18-20)38-5)26(35)19-34-22-11-8-7-10-21(22)31-32-34/h7-14,17-18,27H,6,15-16,19H2,1-5H3,(H,30,36)/t27-/m0/s1. The van der Waals surface area contributed by atoms with E-state index in [1.807, 2.05) is 80.7 Å². The largest absolute Gasteiger partial charge is 0.493 e. The maximum Gasteiger partial charge on any atom is 0.248 e. The number of thiophene rings is 1. The third-order valence-corrected chi connectivity index (χ3v) is 7.76. The molecule has 1 N–H and O–H groups in total. The van der Waals surface area contributed by atoms with Gasteiger partial charge >= 0.3 is 0 Å². The first-order chi connectivity index (χ1) is 18.8. The van der Waals surface area contributed by atoms with Gasteiger partial charge < -0.3 is 19.7 Å². The van der Waals surface area contributed by atoms with Crippen LogP contribution in [0.3, 0.4) is 0 Å². The molecule has 0 aliphatic heterocycles. The van der Waals surface area contributed by atoms with Crippen LogP contribution in [0.25, 0.3) is 11.0 Å². The zero-order valence-electron chi connectivity index (χ0n) is 23.0. The number of fused-ring (bicyclic) bond motifs is 1. The molecule has 4 aromatic rings. The van der Waals surface area contributed by atoms with Crippen molar-refractivity contribution in [2.75, 3.05) is 20.8 Å². The SMILES string of the molecule is CCC(C)(C)NC(=O)[C@H](c1cccs1)N(CCc1ccc(OC)c(OC)c1)C(=O)Cn1nnc2ccccc21. The lowest BCUT2D eigenvalue weighted by Crippen LogP contribution is -2.51. The molecule has 0 saturated carbocycles. The molecular weight excluding hydrogens is 514 g/mol. The van der Waals surface area contributed by atoms with Crippen molar-refractivity contribution in [3.05, 3.63) is 70.4 Å². The molecule has 1 atom stereocenters. The van der Waals surface area contributed by atoms with Crippen molar-refractivity contribution in [3.63, 3.8) is 0 Å². The maximum atomic E-state index is 14.0. The summed E-state index contributed by atoms with van der Waals surface area (Å²) in [6.45, 7) is 6.25. The van der Waals surface area contributed by atoms with E-state index in [0.717, 1.165) is 22.4 Å². The van der Waals surface area contributed by atoms with E-state index in [1.54, 1.807) is 23.8 Å². The minimum atomic E-state index is -0.793. The van der Waals surface area contributed by atoms with Gasteiger partial charge in [0.25, 0.3) is 0 Å². The van der Waals surface area contributed by atoms with Crippen LogP contribution in [0.5, 0.6) is 11.5 Å². The Hall–Kier alpha value is -3.92. The Labute approximate surface area is 232 Å². The number of carbonyl (C=O) groups is 2. The lowest BCUT2D eigenvalue weighted by molar-refractivity contribution is -0.142. The normalized spacial score (nSPS) is 12.2. The highest BCUT2D eigenvalue weighted by molar-refractivity contribution is 7.10. The van der Waals surface area contributed by atoms with E-state index in [2.05, 4.69) is 15.6 Å². The summed E-state index contributed by atoms with van der Waals surface area (Å²) < 4.78 is 12.4. The number of nitrogens with one attached hydrogen (secondary N) is 1. The van der Waals surface area contributed by atoms with Crippen molar-refractivity contribution < 1.29 is 19.1 Å². The van der Waals surface area contributed by atoms with Crippen LogP contribution in [-0.4, -0.2) is 58.0 Å². The second-order valence-corrected chi connectivity index (χ2v) is 10.9. The molecule has 4 rings (SSSR count). The van der Waals surface area contributed by atoms with Gasteiger partial charge in [0.2, 0.25) is 11.8 Å². The van der Waals surface area contributed by atoms with E-state index in [9.17, 15) is 9.59 Å². The molecule has 39 heavy (non-hydrogen) atoms. The van der Waals surface area contributed by atoms with Crippen molar-refractivity contribution in [2.24, 2.45) is 0 Å². The molecule has 9 nitrogen and oxygen atoms in total. The first-order valence-electron chi connectivity index (χ1n) is 12.9. The van der Waals surface area contributed by atoms with Gasteiger partial charge in [-0.3, -0.25) is 9.59 Å². The van der Waals surface area contributed by atoms with Crippen LogP contribution in [0.2, 0.25) is 0 Å². The fourth-order valence-electron chi connectivity index (χ4n) is 4.30. The number of methoxy groups -OCH3 is 2.